The Morgan fingerprint density at radius 2 is 1.30 bits per heavy atom. The van der Waals surface area contributed by atoms with Crippen molar-refractivity contribution >= 4 is 32.5 Å². The number of hydrogen-bond donors (Lipinski definition) is 0. The predicted molar refractivity (Wildman–Crippen MR) is 127 cm³/mol. The van der Waals surface area contributed by atoms with E-state index in [0.29, 0.717) is 13.2 Å². The Kier molecular flexibility index (Phi) is 4.32. The third-order valence-electron chi connectivity index (χ3n) is 6.29. The number of hydrogen-bond acceptors (Lipinski definition) is 5. The molecule has 7 rings (SSSR count). The second kappa shape index (κ2) is 7.51. The number of fused-ring (bicyclic) bond motifs is 6. The first-order valence-corrected chi connectivity index (χ1v) is 11.3. The number of epoxide rings is 2. The molecule has 2 aliphatic heterocycles. The van der Waals surface area contributed by atoms with Crippen LogP contribution in [-0.2, 0) is 9.47 Å². The molecule has 2 unspecified atom stereocenters. The van der Waals surface area contributed by atoms with Crippen LogP contribution in [0.5, 0.6) is 11.5 Å². The van der Waals surface area contributed by atoms with Crippen LogP contribution >= 0.6 is 0 Å². The van der Waals surface area contributed by atoms with Crippen LogP contribution in [0.15, 0.2) is 77.2 Å². The minimum Gasteiger partial charge on any atom is -0.491 e. The Balaban J connectivity index is 1.40. The fourth-order valence-corrected chi connectivity index (χ4v) is 4.41. The van der Waals surface area contributed by atoms with E-state index >= 15 is 0 Å². The molecule has 0 amide bonds. The van der Waals surface area contributed by atoms with E-state index in [1.54, 1.807) is 0 Å². The van der Waals surface area contributed by atoms with Crippen LogP contribution in [0.2, 0.25) is 0 Å². The van der Waals surface area contributed by atoms with E-state index in [0.717, 1.165) is 57.8 Å². The molecule has 4 aromatic carbocycles. The zero-order valence-electron chi connectivity index (χ0n) is 18.0. The highest BCUT2D eigenvalue weighted by Gasteiger charge is 2.25. The average molecular weight is 438 g/mol. The van der Waals surface area contributed by atoms with Gasteiger partial charge in [-0.3, -0.25) is 0 Å². The Bertz CT molecular complexity index is 1490. The molecule has 0 spiro atoms. The lowest BCUT2D eigenvalue weighted by Crippen LogP contribution is -2.04. The van der Waals surface area contributed by atoms with E-state index in [1.165, 1.54) is 10.8 Å². The van der Waals surface area contributed by atoms with Crippen molar-refractivity contribution in [2.45, 2.75) is 12.2 Å². The Morgan fingerprint density at radius 3 is 2.09 bits per heavy atom. The van der Waals surface area contributed by atoms with Crippen LogP contribution in [0, 0.1) is 0 Å². The first-order valence-electron chi connectivity index (χ1n) is 11.3. The van der Waals surface area contributed by atoms with Gasteiger partial charge in [0.1, 0.15) is 48.3 Å². The van der Waals surface area contributed by atoms with E-state index in [-0.39, 0.29) is 12.2 Å². The molecule has 5 aromatic rings. The minimum absolute atomic E-state index is 0.195. The highest BCUT2D eigenvalue weighted by molar-refractivity contribution is 6.24. The fraction of sp³-hybridized carbons (Fsp3) is 0.214. The van der Waals surface area contributed by atoms with Gasteiger partial charge in [0.05, 0.1) is 18.8 Å². The normalized spacial score (nSPS) is 19.3. The molecule has 2 saturated heterocycles. The van der Waals surface area contributed by atoms with Crippen LogP contribution < -0.4 is 9.47 Å². The monoisotopic (exact) mass is 438 g/mol. The maximum absolute atomic E-state index is 6.54. The second-order valence-electron chi connectivity index (χ2n) is 8.64. The molecule has 2 fully saturated rings. The average Bonchev–Trinajstić information content (AvgIpc) is 3.80. The summed E-state index contributed by atoms with van der Waals surface area (Å²) in [5, 5.41) is 5.62. The van der Waals surface area contributed by atoms with Gasteiger partial charge in [-0.25, -0.2) is 0 Å². The van der Waals surface area contributed by atoms with Gasteiger partial charge in [-0.05, 0) is 52.6 Å². The summed E-state index contributed by atoms with van der Waals surface area (Å²) in [6.07, 6.45) is 0.408. The van der Waals surface area contributed by atoms with Gasteiger partial charge in [-0.1, -0.05) is 36.4 Å². The first-order chi connectivity index (χ1) is 16.3. The summed E-state index contributed by atoms with van der Waals surface area (Å²) in [6.45, 7) is 2.66. The van der Waals surface area contributed by atoms with Crippen molar-refractivity contribution in [3.8, 4) is 22.8 Å². The number of furan rings is 1. The maximum atomic E-state index is 6.54. The lowest BCUT2D eigenvalue weighted by Gasteiger charge is -2.09. The van der Waals surface area contributed by atoms with Crippen LogP contribution in [0.4, 0.5) is 0 Å². The molecule has 0 radical (unpaired) electrons. The van der Waals surface area contributed by atoms with Crippen molar-refractivity contribution < 1.29 is 23.4 Å². The number of rotatable bonds is 7. The largest absolute Gasteiger partial charge is 0.491 e. The second-order valence-corrected chi connectivity index (χ2v) is 8.64. The molecule has 2 atom stereocenters. The fourth-order valence-electron chi connectivity index (χ4n) is 4.41. The molecule has 1 aromatic heterocycles. The third-order valence-corrected chi connectivity index (χ3v) is 6.29. The van der Waals surface area contributed by atoms with Crippen molar-refractivity contribution in [3.05, 3.63) is 72.8 Å². The van der Waals surface area contributed by atoms with E-state index in [4.69, 9.17) is 23.4 Å². The molecule has 0 bridgehead atoms. The third kappa shape index (κ3) is 3.50. The molecule has 164 valence electrons. The molecular formula is C28H22O5. The van der Waals surface area contributed by atoms with Gasteiger partial charge in [0.25, 0.3) is 0 Å². The van der Waals surface area contributed by atoms with Gasteiger partial charge < -0.3 is 23.4 Å². The van der Waals surface area contributed by atoms with Gasteiger partial charge in [0.15, 0.2) is 0 Å². The van der Waals surface area contributed by atoms with Crippen molar-refractivity contribution in [1.82, 2.24) is 0 Å². The van der Waals surface area contributed by atoms with Crippen molar-refractivity contribution in [2.75, 3.05) is 26.4 Å². The highest BCUT2D eigenvalue weighted by atomic mass is 16.6. The standard InChI is InChI=1S/C28H22O5/c1-2-6-21-20(5-1)22-10-9-17(29-13-18-14-30-18)11-24(22)28-25(21)12-27(33-28)23-7-3-4-8-26(23)32-16-19-15-31-19/h1-12,18-19H,13-16H2. The van der Waals surface area contributed by atoms with Gasteiger partial charge in [0.2, 0.25) is 0 Å². The first kappa shape index (κ1) is 19.0. The summed E-state index contributed by atoms with van der Waals surface area (Å²) < 4.78 is 29.1. The van der Waals surface area contributed by atoms with Crippen LogP contribution in [-0.4, -0.2) is 38.6 Å². The molecule has 3 heterocycles. The van der Waals surface area contributed by atoms with E-state index < -0.39 is 0 Å². The minimum atomic E-state index is 0.195. The maximum Gasteiger partial charge on any atom is 0.143 e. The zero-order valence-corrected chi connectivity index (χ0v) is 18.0. The van der Waals surface area contributed by atoms with Gasteiger partial charge >= 0.3 is 0 Å². The van der Waals surface area contributed by atoms with Gasteiger partial charge in [0, 0.05) is 10.8 Å². The number of para-hydroxylation sites is 1. The van der Waals surface area contributed by atoms with E-state index in [9.17, 15) is 0 Å². The molecule has 0 N–H and O–H groups in total. The van der Waals surface area contributed by atoms with E-state index in [1.807, 2.05) is 30.3 Å². The molecule has 2 aliphatic rings. The van der Waals surface area contributed by atoms with Crippen molar-refractivity contribution in [3.63, 3.8) is 0 Å². The van der Waals surface area contributed by atoms with E-state index in [2.05, 4.69) is 42.5 Å². The SMILES string of the molecule is c1ccc(-c2cc3c4ccccc4c4ccc(OCC5CO5)cc4c3o2)c(OCC2CO2)c1. The number of ether oxygens (including phenoxy) is 4. The summed E-state index contributed by atoms with van der Waals surface area (Å²) in [4.78, 5) is 0. The smallest absolute Gasteiger partial charge is 0.143 e. The summed E-state index contributed by atoms with van der Waals surface area (Å²) in [6, 6.07) is 24.8. The van der Waals surface area contributed by atoms with Crippen molar-refractivity contribution in [1.29, 1.82) is 0 Å². The zero-order chi connectivity index (χ0) is 21.8. The molecule has 33 heavy (non-hydrogen) atoms. The molecular weight excluding hydrogens is 416 g/mol. The van der Waals surface area contributed by atoms with Crippen LogP contribution in [0.25, 0.3) is 43.8 Å². The van der Waals surface area contributed by atoms with Crippen LogP contribution in [0.1, 0.15) is 0 Å². The quantitative estimate of drug-likeness (QED) is 0.232. The Labute approximate surface area is 190 Å². The van der Waals surface area contributed by atoms with Gasteiger partial charge in [-0.15, -0.1) is 0 Å². The molecule has 0 aliphatic carbocycles. The summed E-state index contributed by atoms with van der Waals surface area (Å²) in [5.74, 6) is 2.41. The Hall–Kier alpha value is -3.54. The lowest BCUT2D eigenvalue weighted by atomic mass is 9.98. The van der Waals surface area contributed by atoms with Crippen LogP contribution in [0.3, 0.4) is 0 Å². The molecule has 0 saturated carbocycles. The summed E-state index contributed by atoms with van der Waals surface area (Å²) in [7, 11) is 0. The Morgan fingerprint density at radius 1 is 0.667 bits per heavy atom. The summed E-state index contributed by atoms with van der Waals surface area (Å²) >= 11 is 0. The van der Waals surface area contributed by atoms with Crippen molar-refractivity contribution in [2.24, 2.45) is 0 Å². The number of benzene rings is 4. The molecule has 5 nitrogen and oxygen atoms in total. The predicted octanol–water partition coefficient (Wildman–Crippen LogP) is 5.96. The summed E-state index contributed by atoms with van der Waals surface area (Å²) in [5.41, 5.74) is 1.79. The topological polar surface area (TPSA) is 56.7 Å². The van der Waals surface area contributed by atoms with Gasteiger partial charge in [-0.2, -0.15) is 0 Å². The molecule has 5 heteroatoms. The lowest BCUT2D eigenvalue weighted by molar-refractivity contribution is 0.263. The highest BCUT2D eigenvalue weighted by Crippen LogP contribution is 2.42.